The smallest absolute Gasteiger partial charge is 0.272 e. The van der Waals surface area contributed by atoms with Gasteiger partial charge < -0.3 is 9.47 Å². The van der Waals surface area contributed by atoms with Crippen LogP contribution >= 0.6 is 0 Å². The van der Waals surface area contributed by atoms with Gasteiger partial charge in [-0.15, -0.1) is 5.10 Å². The van der Waals surface area contributed by atoms with E-state index in [2.05, 4.69) is 10.3 Å². The lowest BCUT2D eigenvalue weighted by molar-refractivity contribution is 0.0958. The molecule has 0 fully saturated rings. The predicted octanol–water partition coefficient (Wildman–Crippen LogP) is 2.80. The van der Waals surface area contributed by atoms with Crippen LogP contribution in [0.4, 0.5) is 0 Å². The summed E-state index contributed by atoms with van der Waals surface area (Å²) in [7, 11) is 3.16. The quantitative estimate of drug-likeness (QED) is 0.693. The van der Waals surface area contributed by atoms with Gasteiger partial charge in [0.25, 0.3) is 5.91 Å². The second kappa shape index (κ2) is 6.31. The molecule has 0 atom stereocenters. The largest absolute Gasteiger partial charge is 0.497 e. The normalized spacial score (nSPS) is 11.0. The van der Waals surface area contributed by atoms with E-state index in [0.717, 1.165) is 5.56 Å². The van der Waals surface area contributed by atoms with Crippen LogP contribution < -0.4 is 9.47 Å². The molecule has 1 heterocycles. The lowest BCUT2D eigenvalue weighted by Gasteiger charge is -2.07. The van der Waals surface area contributed by atoms with E-state index in [-0.39, 0.29) is 5.91 Å². The van der Waals surface area contributed by atoms with Gasteiger partial charge in [-0.2, -0.15) is 4.68 Å². The maximum Gasteiger partial charge on any atom is 0.272 e. The van der Waals surface area contributed by atoms with Crippen molar-refractivity contribution in [3.8, 4) is 11.5 Å². The van der Waals surface area contributed by atoms with Gasteiger partial charge in [-0.05, 0) is 30.3 Å². The van der Waals surface area contributed by atoms with Crippen molar-refractivity contribution in [2.45, 2.75) is 0 Å². The Bertz CT molecular complexity index is 884. The minimum Gasteiger partial charge on any atom is -0.497 e. The van der Waals surface area contributed by atoms with Gasteiger partial charge in [-0.3, -0.25) is 4.79 Å². The van der Waals surface area contributed by atoms with Crippen LogP contribution in [0.1, 0.15) is 10.4 Å². The summed E-state index contributed by atoms with van der Waals surface area (Å²) in [4.78, 5) is 12.3. The molecule has 0 amide bonds. The Morgan fingerprint density at radius 3 is 2.74 bits per heavy atom. The molecule has 116 valence electrons. The molecule has 0 N–H and O–H groups in total. The number of fused-ring (bicyclic) bond motifs is 1. The minimum atomic E-state index is -0.281. The van der Waals surface area contributed by atoms with Gasteiger partial charge in [-0.1, -0.05) is 17.3 Å². The van der Waals surface area contributed by atoms with Crippen LogP contribution in [0.25, 0.3) is 17.1 Å². The van der Waals surface area contributed by atoms with E-state index in [4.69, 9.17) is 9.47 Å². The van der Waals surface area contributed by atoms with Gasteiger partial charge in [0.1, 0.15) is 17.0 Å². The van der Waals surface area contributed by atoms with E-state index in [1.165, 1.54) is 10.8 Å². The highest BCUT2D eigenvalue weighted by Crippen LogP contribution is 2.25. The van der Waals surface area contributed by atoms with Crippen molar-refractivity contribution in [2.24, 2.45) is 0 Å². The van der Waals surface area contributed by atoms with Crippen LogP contribution in [0.3, 0.4) is 0 Å². The third kappa shape index (κ3) is 2.91. The molecular formula is C17H15N3O3. The molecule has 0 saturated carbocycles. The second-order valence-corrected chi connectivity index (χ2v) is 4.77. The van der Waals surface area contributed by atoms with Gasteiger partial charge >= 0.3 is 0 Å². The third-order valence-electron chi connectivity index (χ3n) is 3.41. The molecule has 0 aliphatic rings. The summed E-state index contributed by atoms with van der Waals surface area (Å²) < 4.78 is 11.7. The number of hydrogen-bond acceptors (Lipinski definition) is 5. The van der Waals surface area contributed by atoms with Crippen LogP contribution in [0.5, 0.6) is 11.5 Å². The van der Waals surface area contributed by atoms with Crippen LogP contribution in [-0.4, -0.2) is 35.1 Å². The fourth-order valence-corrected chi connectivity index (χ4v) is 2.22. The number of para-hydroxylation sites is 1. The van der Waals surface area contributed by atoms with E-state index >= 15 is 0 Å². The van der Waals surface area contributed by atoms with Crippen LogP contribution in [-0.2, 0) is 0 Å². The van der Waals surface area contributed by atoms with Crippen LogP contribution in [0.15, 0.2) is 48.5 Å². The molecule has 6 heteroatoms. The fraction of sp³-hybridized carbons (Fsp3) is 0.118. The average Bonchev–Trinajstić information content (AvgIpc) is 3.03. The summed E-state index contributed by atoms with van der Waals surface area (Å²) in [6.07, 6.45) is 3.11. The highest BCUT2D eigenvalue weighted by Gasteiger charge is 2.09. The molecule has 6 nitrogen and oxygen atoms in total. The zero-order valence-corrected chi connectivity index (χ0v) is 12.8. The molecule has 0 spiro atoms. The Morgan fingerprint density at radius 2 is 1.96 bits per heavy atom. The standard InChI is InChI=1S/C17H15N3O3/c1-22-13-9-7-12(16(11-13)23-2)8-10-17(21)20-15-6-4-3-5-14(15)18-19-20/h3-11H,1-2H3. The summed E-state index contributed by atoms with van der Waals surface area (Å²) in [5.74, 6) is 1.03. The average molecular weight is 309 g/mol. The van der Waals surface area contributed by atoms with E-state index in [1.807, 2.05) is 24.3 Å². The lowest BCUT2D eigenvalue weighted by atomic mass is 10.1. The number of methoxy groups -OCH3 is 2. The van der Waals surface area contributed by atoms with Gasteiger partial charge in [0.05, 0.1) is 19.7 Å². The van der Waals surface area contributed by atoms with Crippen molar-refractivity contribution < 1.29 is 14.3 Å². The Morgan fingerprint density at radius 1 is 1.13 bits per heavy atom. The number of carbonyl (C=O) groups excluding carboxylic acids is 1. The van der Waals surface area contributed by atoms with E-state index in [9.17, 15) is 4.79 Å². The van der Waals surface area contributed by atoms with E-state index in [0.29, 0.717) is 22.5 Å². The number of ether oxygens (including phenoxy) is 2. The van der Waals surface area contributed by atoms with Gasteiger partial charge in [-0.25, -0.2) is 0 Å². The maximum atomic E-state index is 12.3. The molecule has 0 radical (unpaired) electrons. The lowest BCUT2D eigenvalue weighted by Crippen LogP contribution is -2.09. The monoisotopic (exact) mass is 309 g/mol. The molecule has 0 aliphatic carbocycles. The molecule has 3 rings (SSSR count). The van der Waals surface area contributed by atoms with Gasteiger partial charge in [0, 0.05) is 17.7 Å². The zero-order chi connectivity index (χ0) is 16.2. The molecule has 1 aromatic heterocycles. The topological polar surface area (TPSA) is 66.2 Å². The summed E-state index contributed by atoms with van der Waals surface area (Å²) in [5, 5.41) is 7.86. The van der Waals surface area contributed by atoms with Crippen LogP contribution in [0, 0.1) is 0 Å². The van der Waals surface area contributed by atoms with Crippen molar-refractivity contribution in [1.82, 2.24) is 15.0 Å². The Labute approximate surface area is 132 Å². The zero-order valence-electron chi connectivity index (χ0n) is 12.8. The number of rotatable bonds is 4. The first-order valence-corrected chi connectivity index (χ1v) is 6.98. The number of benzene rings is 2. The first kappa shape index (κ1) is 14.8. The van der Waals surface area contributed by atoms with Crippen molar-refractivity contribution >= 4 is 23.0 Å². The van der Waals surface area contributed by atoms with Gasteiger partial charge in [0.2, 0.25) is 0 Å². The second-order valence-electron chi connectivity index (χ2n) is 4.77. The Kier molecular flexibility index (Phi) is 4.05. The number of nitrogens with zero attached hydrogens (tertiary/aromatic N) is 3. The Hall–Kier alpha value is -3.15. The van der Waals surface area contributed by atoms with E-state index < -0.39 is 0 Å². The summed E-state index contributed by atoms with van der Waals surface area (Å²) in [6.45, 7) is 0. The van der Waals surface area contributed by atoms with Crippen molar-refractivity contribution in [1.29, 1.82) is 0 Å². The number of hydrogen-bond donors (Lipinski definition) is 0. The molecule has 0 bridgehead atoms. The molecule has 0 unspecified atom stereocenters. The number of carbonyl (C=O) groups is 1. The van der Waals surface area contributed by atoms with Crippen molar-refractivity contribution in [2.75, 3.05) is 14.2 Å². The molecule has 3 aromatic rings. The predicted molar refractivity (Wildman–Crippen MR) is 86.7 cm³/mol. The van der Waals surface area contributed by atoms with Crippen molar-refractivity contribution in [3.05, 3.63) is 54.1 Å². The van der Waals surface area contributed by atoms with E-state index in [1.54, 1.807) is 38.5 Å². The third-order valence-corrected chi connectivity index (χ3v) is 3.41. The van der Waals surface area contributed by atoms with Crippen molar-refractivity contribution in [3.63, 3.8) is 0 Å². The highest BCUT2D eigenvalue weighted by molar-refractivity contribution is 5.98. The molecular weight excluding hydrogens is 294 g/mol. The molecule has 0 saturated heterocycles. The number of allylic oxidation sites excluding steroid dienone is 1. The minimum absolute atomic E-state index is 0.281. The number of aromatic nitrogens is 3. The highest BCUT2D eigenvalue weighted by atomic mass is 16.5. The summed E-state index contributed by atoms with van der Waals surface area (Å²) in [5.41, 5.74) is 2.12. The molecule has 2 aromatic carbocycles. The van der Waals surface area contributed by atoms with Crippen LogP contribution in [0.2, 0.25) is 0 Å². The first-order valence-electron chi connectivity index (χ1n) is 6.98. The fourth-order valence-electron chi connectivity index (χ4n) is 2.22. The maximum absolute atomic E-state index is 12.3. The molecule has 0 aliphatic heterocycles. The first-order chi connectivity index (χ1) is 11.2. The SMILES string of the molecule is COc1ccc(C=CC(=O)n2nnc3ccccc32)c(OC)c1. The molecule has 23 heavy (non-hydrogen) atoms. The summed E-state index contributed by atoms with van der Waals surface area (Å²) >= 11 is 0. The Balaban J connectivity index is 1.89. The van der Waals surface area contributed by atoms with Gasteiger partial charge in [0.15, 0.2) is 0 Å². The summed E-state index contributed by atoms with van der Waals surface area (Å²) in [6, 6.07) is 12.7.